The molecule has 25 heavy (non-hydrogen) atoms. The van der Waals surface area contributed by atoms with Crippen molar-refractivity contribution in [3.63, 3.8) is 0 Å². The van der Waals surface area contributed by atoms with Crippen LogP contribution in [0, 0.1) is 5.82 Å². The molecule has 0 unspecified atom stereocenters. The van der Waals surface area contributed by atoms with Crippen LogP contribution >= 0.6 is 0 Å². The zero-order chi connectivity index (χ0) is 17.8. The van der Waals surface area contributed by atoms with Gasteiger partial charge in [0.1, 0.15) is 11.4 Å². The van der Waals surface area contributed by atoms with E-state index in [2.05, 4.69) is 0 Å². The van der Waals surface area contributed by atoms with Gasteiger partial charge in [0.15, 0.2) is 9.84 Å². The molecule has 128 valence electrons. The Bertz CT molecular complexity index is 1020. The number of hydrogen-bond acceptors (Lipinski definition) is 4. The first-order valence-corrected chi connectivity index (χ1v) is 9.74. The Morgan fingerprint density at radius 2 is 1.72 bits per heavy atom. The molecule has 1 heterocycles. The Labute approximate surface area is 144 Å². The first-order chi connectivity index (χ1) is 11.8. The molecule has 0 bridgehead atoms. The van der Waals surface area contributed by atoms with Crippen molar-refractivity contribution in [1.29, 1.82) is 0 Å². The lowest BCUT2D eigenvalue weighted by Gasteiger charge is -2.13. The normalized spacial score (nSPS) is 18.6. The molecule has 2 aromatic rings. The van der Waals surface area contributed by atoms with Crippen molar-refractivity contribution in [3.05, 3.63) is 65.5 Å². The van der Waals surface area contributed by atoms with Gasteiger partial charge in [0.25, 0.3) is 0 Å². The third kappa shape index (κ3) is 2.66. The summed E-state index contributed by atoms with van der Waals surface area (Å²) >= 11 is 0. The summed E-state index contributed by atoms with van der Waals surface area (Å²) in [5.74, 6) is -0.897. The highest BCUT2D eigenvalue weighted by Crippen LogP contribution is 2.57. The van der Waals surface area contributed by atoms with E-state index in [0.717, 1.165) is 11.8 Å². The zero-order valence-corrected chi connectivity index (χ0v) is 14.3. The smallest absolute Gasteiger partial charge is 0.340 e. The number of sulfone groups is 1. The Kier molecular flexibility index (Phi) is 3.37. The molecule has 4 rings (SSSR count). The Morgan fingerprint density at radius 3 is 2.28 bits per heavy atom. The Balaban J connectivity index is 1.90. The van der Waals surface area contributed by atoms with E-state index in [1.807, 2.05) is 0 Å². The van der Waals surface area contributed by atoms with Crippen molar-refractivity contribution in [2.45, 2.75) is 23.3 Å². The van der Waals surface area contributed by atoms with Crippen LogP contribution < -0.4 is 0 Å². The summed E-state index contributed by atoms with van der Waals surface area (Å²) in [4.78, 5) is 12.7. The average molecular weight is 358 g/mol. The molecule has 0 amide bonds. The van der Waals surface area contributed by atoms with E-state index in [0.29, 0.717) is 29.6 Å². The van der Waals surface area contributed by atoms with Crippen molar-refractivity contribution in [3.8, 4) is 0 Å². The first kappa shape index (κ1) is 16.0. The zero-order valence-electron chi connectivity index (χ0n) is 13.5. The van der Waals surface area contributed by atoms with Crippen LogP contribution in [0.15, 0.2) is 53.4 Å². The van der Waals surface area contributed by atoms with Crippen LogP contribution in [-0.2, 0) is 19.4 Å². The molecule has 1 aliphatic carbocycles. The second-order valence-electron chi connectivity index (χ2n) is 6.44. The Hall–Kier alpha value is -2.47. The summed E-state index contributed by atoms with van der Waals surface area (Å²) in [5.41, 5.74) is 1.59. The highest BCUT2D eigenvalue weighted by Gasteiger charge is 2.57. The van der Waals surface area contributed by atoms with Gasteiger partial charge in [-0.2, -0.15) is 0 Å². The van der Waals surface area contributed by atoms with E-state index >= 15 is 0 Å². The van der Waals surface area contributed by atoms with Gasteiger partial charge in [-0.1, -0.05) is 24.3 Å². The standard InChI is InChI=1S/C19H15FO4S/c1-25(22,23)15-7-5-12(6-8-15)17-16(13-3-2-4-14(20)11-13)18(21)24-19(17)9-10-19/h2-8,11H,9-10H2,1H3. The van der Waals surface area contributed by atoms with E-state index in [-0.39, 0.29) is 4.90 Å². The van der Waals surface area contributed by atoms with Crippen molar-refractivity contribution in [1.82, 2.24) is 0 Å². The van der Waals surface area contributed by atoms with Gasteiger partial charge >= 0.3 is 5.97 Å². The maximum Gasteiger partial charge on any atom is 0.340 e. The van der Waals surface area contributed by atoms with Crippen LogP contribution in [0.1, 0.15) is 24.0 Å². The molecule has 1 aliphatic heterocycles. The number of carbonyl (C=O) groups excluding carboxylic acids is 1. The van der Waals surface area contributed by atoms with Crippen molar-refractivity contribution in [2.75, 3.05) is 6.26 Å². The predicted molar refractivity (Wildman–Crippen MR) is 90.8 cm³/mol. The molecule has 0 atom stereocenters. The fraction of sp³-hybridized carbons (Fsp3) is 0.211. The number of esters is 1. The van der Waals surface area contributed by atoms with Crippen molar-refractivity contribution < 1.29 is 22.3 Å². The third-order valence-corrected chi connectivity index (χ3v) is 5.71. The maximum atomic E-state index is 13.6. The molecule has 2 aliphatic rings. The highest BCUT2D eigenvalue weighted by atomic mass is 32.2. The number of hydrogen-bond donors (Lipinski definition) is 0. The quantitative estimate of drug-likeness (QED) is 0.791. The molecule has 0 radical (unpaired) electrons. The maximum absolute atomic E-state index is 13.6. The lowest BCUT2D eigenvalue weighted by Crippen LogP contribution is -2.11. The van der Waals surface area contributed by atoms with Gasteiger partial charge in [-0.05, 0) is 48.2 Å². The molecule has 0 N–H and O–H groups in total. The molecule has 0 aromatic heterocycles. The van der Waals surface area contributed by atoms with Crippen molar-refractivity contribution in [2.24, 2.45) is 0 Å². The minimum absolute atomic E-state index is 0.208. The van der Waals surface area contributed by atoms with Gasteiger partial charge in [-0.15, -0.1) is 0 Å². The van der Waals surface area contributed by atoms with Gasteiger partial charge in [-0.3, -0.25) is 0 Å². The Morgan fingerprint density at radius 1 is 1.04 bits per heavy atom. The highest BCUT2D eigenvalue weighted by molar-refractivity contribution is 7.90. The van der Waals surface area contributed by atoms with Crippen LogP contribution in [-0.4, -0.2) is 26.2 Å². The monoisotopic (exact) mass is 358 g/mol. The number of benzene rings is 2. The SMILES string of the molecule is CS(=O)(=O)c1ccc(C2=C(c3cccc(F)c3)C(=O)OC23CC3)cc1. The van der Waals surface area contributed by atoms with E-state index in [9.17, 15) is 17.6 Å². The lowest BCUT2D eigenvalue weighted by molar-refractivity contribution is -0.138. The summed E-state index contributed by atoms with van der Waals surface area (Å²) in [6.07, 6.45) is 2.56. The van der Waals surface area contributed by atoms with Gasteiger partial charge in [0.05, 0.1) is 10.5 Å². The predicted octanol–water partition coefficient (Wildman–Crippen LogP) is 3.23. The fourth-order valence-electron chi connectivity index (χ4n) is 3.26. The lowest BCUT2D eigenvalue weighted by atomic mass is 9.92. The van der Waals surface area contributed by atoms with Gasteiger partial charge in [-0.25, -0.2) is 17.6 Å². The summed E-state index contributed by atoms with van der Waals surface area (Å²) < 4.78 is 42.5. The molecular formula is C19H15FO4S. The molecule has 4 nitrogen and oxygen atoms in total. The van der Waals surface area contributed by atoms with Crippen molar-refractivity contribution >= 4 is 27.0 Å². The number of carbonyl (C=O) groups is 1. The van der Waals surface area contributed by atoms with Gasteiger partial charge in [0.2, 0.25) is 0 Å². The van der Waals surface area contributed by atoms with Crippen LogP contribution in [0.25, 0.3) is 11.1 Å². The molecule has 0 saturated heterocycles. The summed E-state index contributed by atoms with van der Waals surface area (Å²) in [7, 11) is -3.30. The van der Waals surface area contributed by atoms with E-state index < -0.39 is 27.2 Å². The minimum atomic E-state index is -3.30. The summed E-state index contributed by atoms with van der Waals surface area (Å²) in [6, 6.07) is 12.2. The summed E-state index contributed by atoms with van der Waals surface area (Å²) in [5, 5.41) is 0. The van der Waals surface area contributed by atoms with Crippen LogP contribution in [0.5, 0.6) is 0 Å². The molecule has 1 spiro atoms. The fourth-order valence-corrected chi connectivity index (χ4v) is 3.89. The number of ether oxygens (including phenoxy) is 1. The minimum Gasteiger partial charge on any atom is -0.451 e. The average Bonchev–Trinajstić information content (AvgIpc) is 3.24. The number of rotatable bonds is 3. The second kappa shape index (κ2) is 5.26. The largest absolute Gasteiger partial charge is 0.451 e. The van der Waals surface area contributed by atoms with Gasteiger partial charge in [0, 0.05) is 11.8 Å². The second-order valence-corrected chi connectivity index (χ2v) is 8.46. The molecular weight excluding hydrogens is 343 g/mol. The first-order valence-electron chi connectivity index (χ1n) is 7.85. The van der Waals surface area contributed by atoms with Gasteiger partial charge < -0.3 is 4.74 Å². The molecule has 1 saturated carbocycles. The van der Waals surface area contributed by atoms with E-state index in [1.165, 1.54) is 24.3 Å². The van der Waals surface area contributed by atoms with Crippen LogP contribution in [0.3, 0.4) is 0 Å². The van der Waals surface area contributed by atoms with E-state index in [4.69, 9.17) is 4.74 Å². The topological polar surface area (TPSA) is 60.4 Å². The molecule has 1 fully saturated rings. The summed E-state index contributed by atoms with van der Waals surface area (Å²) in [6.45, 7) is 0. The van der Waals surface area contributed by atoms with E-state index in [1.54, 1.807) is 24.3 Å². The third-order valence-electron chi connectivity index (χ3n) is 4.59. The molecule has 2 aromatic carbocycles. The molecule has 6 heteroatoms. The van der Waals surface area contributed by atoms with Crippen LogP contribution in [0.2, 0.25) is 0 Å². The number of halogens is 1. The van der Waals surface area contributed by atoms with Crippen LogP contribution in [0.4, 0.5) is 4.39 Å².